The van der Waals surface area contributed by atoms with Gasteiger partial charge >= 0.3 is 0 Å². The predicted octanol–water partition coefficient (Wildman–Crippen LogP) is 2.98. The molecule has 0 atom stereocenters. The van der Waals surface area contributed by atoms with E-state index in [0.29, 0.717) is 23.8 Å². The third kappa shape index (κ3) is 4.76. The van der Waals surface area contributed by atoms with Crippen LogP contribution in [0.2, 0.25) is 0 Å². The molecule has 0 saturated carbocycles. The number of thiocarbonyl (C=S) groups is 1. The standard InChI is InChI=1S/C14H15IN2OS/c1-3-9-17(10-4-2)14(19)16-13(18)11-7-5-6-8-12(11)15/h3-8H,1-2,9-10H2,(H,16,18,19). The largest absolute Gasteiger partial charge is 0.342 e. The Kier molecular flexibility index (Phi) is 6.72. The van der Waals surface area contributed by atoms with Crippen molar-refractivity contribution in [3.8, 4) is 0 Å². The Balaban J connectivity index is 2.75. The van der Waals surface area contributed by atoms with Crippen molar-refractivity contribution in [2.75, 3.05) is 13.1 Å². The Bertz CT molecular complexity index is 492. The monoisotopic (exact) mass is 386 g/mol. The molecular weight excluding hydrogens is 371 g/mol. The van der Waals surface area contributed by atoms with E-state index < -0.39 is 0 Å². The maximum Gasteiger partial charge on any atom is 0.258 e. The lowest BCUT2D eigenvalue weighted by molar-refractivity contribution is 0.0973. The molecule has 0 unspecified atom stereocenters. The van der Waals surface area contributed by atoms with Gasteiger partial charge in [-0.15, -0.1) is 13.2 Å². The number of carbonyl (C=O) groups excluding carboxylic acids is 1. The Morgan fingerprint density at radius 2 is 1.89 bits per heavy atom. The zero-order valence-corrected chi connectivity index (χ0v) is 13.4. The number of amides is 1. The van der Waals surface area contributed by atoms with E-state index in [9.17, 15) is 4.79 Å². The van der Waals surface area contributed by atoms with Gasteiger partial charge in [0, 0.05) is 16.7 Å². The molecule has 3 nitrogen and oxygen atoms in total. The summed E-state index contributed by atoms with van der Waals surface area (Å²) in [5.74, 6) is -0.201. The minimum atomic E-state index is -0.201. The maximum absolute atomic E-state index is 12.1. The van der Waals surface area contributed by atoms with Crippen LogP contribution in [0.3, 0.4) is 0 Å². The molecular formula is C14H15IN2OS. The van der Waals surface area contributed by atoms with Gasteiger partial charge in [-0.3, -0.25) is 10.1 Å². The minimum absolute atomic E-state index is 0.201. The van der Waals surface area contributed by atoms with Gasteiger partial charge in [0.25, 0.3) is 5.91 Å². The first kappa shape index (κ1) is 15.8. The van der Waals surface area contributed by atoms with E-state index in [1.54, 1.807) is 18.2 Å². The molecule has 5 heteroatoms. The summed E-state index contributed by atoms with van der Waals surface area (Å²) in [7, 11) is 0. The van der Waals surface area contributed by atoms with Gasteiger partial charge in [-0.05, 0) is 46.9 Å². The molecule has 0 spiro atoms. The molecule has 1 rings (SSSR count). The van der Waals surface area contributed by atoms with Crippen LogP contribution >= 0.6 is 34.8 Å². The Labute approximate surface area is 132 Å². The van der Waals surface area contributed by atoms with Crippen LogP contribution in [0.4, 0.5) is 0 Å². The average Bonchev–Trinajstić information content (AvgIpc) is 2.38. The first-order valence-corrected chi connectivity index (χ1v) is 7.15. The third-order valence-electron chi connectivity index (χ3n) is 2.33. The van der Waals surface area contributed by atoms with E-state index in [-0.39, 0.29) is 5.91 Å². The lowest BCUT2D eigenvalue weighted by Gasteiger charge is -2.22. The number of hydrogen-bond acceptors (Lipinski definition) is 2. The van der Waals surface area contributed by atoms with Gasteiger partial charge in [-0.2, -0.15) is 0 Å². The van der Waals surface area contributed by atoms with Gasteiger partial charge < -0.3 is 4.90 Å². The molecule has 0 aliphatic heterocycles. The first-order valence-electron chi connectivity index (χ1n) is 5.66. The van der Waals surface area contributed by atoms with Crippen molar-refractivity contribution >= 4 is 45.8 Å². The molecule has 0 radical (unpaired) electrons. The van der Waals surface area contributed by atoms with Crippen molar-refractivity contribution in [1.29, 1.82) is 0 Å². The maximum atomic E-state index is 12.1. The van der Waals surface area contributed by atoms with Gasteiger partial charge in [-0.25, -0.2) is 0 Å². The highest BCUT2D eigenvalue weighted by molar-refractivity contribution is 14.1. The third-order valence-corrected chi connectivity index (χ3v) is 3.63. The van der Waals surface area contributed by atoms with E-state index >= 15 is 0 Å². The summed E-state index contributed by atoms with van der Waals surface area (Å²) in [6.45, 7) is 8.47. The van der Waals surface area contributed by atoms with Crippen LogP contribution in [0.15, 0.2) is 49.6 Å². The zero-order valence-electron chi connectivity index (χ0n) is 10.4. The SMILES string of the molecule is C=CCN(CC=C)C(=S)NC(=O)c1ccccc1I. The van der Waals surface area contributed by atoms with E-state index in [0.717, 1.165) is 3.57 Å². The summed E-state index contributed by atoms with van der Waals surface area (Å²) in [6.07, 6.45) is 3.46. The van der Waals surface area contributed by atoms with E-state index in [1.165, 1.54) is 0 Å². The highest BCUT2D eigenvalue weighted by atomic mass is 127. The topological polar surface area (TPSA) is 32.3 Å². The van der Waals surface area contributed by atoms with Crippen LogP contribution in [-0.4, -0.2) is 29.0 Å². The average molecular weight is 386 g/mol. The molecule has 19 heavy (non-hydrogen) atoms. The van der Waals surface area contributed by atoms with Crippen molar-refractivity contribution < 1.29 is 4.79 Å². The second-order valence-corrected chi connectivity index (χ2v) is 5.27. The lowest BCUT2D eigenvalue weighted by Crippen LogP contribution is -2.43. The quantitative estimate of drug-likeness (QED) is 0.480. The van der Waals surface area contributed by atoms with Crippen LogP contribution in [-0.2, 0) is 0 Å². The second kappa shape index (κ2) is 8.06. The van der Waals surface area contributed by atoms with Crippen molar-refractivity contribution in [3.63, 3.8) is 0 Å². The summed E-state index contributed by atoms with van der Waals surface area (Å²) in [5, 5.41) is 3.10. The zero-order chi connectivity index (χ0) is 14.3. The van der Waals surface area contributed by atoms with Crippen LogP contribution in [0, 0.1) is 3.57 Å². The smallest absolute Gasteiger partial charge is 0.258 e. The summed E-state index contributed by atoms with van der Waals surface area (Å²) in [4.78, 5) is 13.9. The number of benzene rings is 1. The summed E-state index contributed by atoms with van der Waals surface area (Å²) < 4.78 is 0.888. The molecule has 0 aliphatic rings. The molecule has 0 aromatic heterocycles. The number of carbonyl (C=O) groups is 1. The van der Waals surface area contributed by atoms with E-state index in [2.05, 4.69) is 41.1 Å². The minimum Gasteiger partial charge on any atom is -0.342 e. The van der Waals surface area contributed by atoms with Crippen LogP contribution in [0.1, 0.15) is 10.4 Å². The van der Waals surface area contributed by atoms with Gasteiger partial charge in [0.05, 0.1) is 5.56 Å². The van der Waals surface area contributed by atoms with Gasteiger partial charge in [-0.1, -0.05) is 24.3 Å². The molecule has 1 aromatic carbocycles. The Morgan fingerprint density at radius 3 is 2.42 bits per heavy atom. The van der Waals surface area contributed by atoms with Gasteiger partial charge in [0.15, 0.2) is 5.11 Å². The molecule has 1 amide bonds. The van der Waals surface area contributed by atoms with E-state index in [4.69, 9.17) is 12.2 Å². The Hall–Kier alpha value is -1.21. The van der Waals surface area contributed by atoms with Crippen molar-refractivity contribution in [2.45, 2.75) is 0 Å². The highest BCUT2D eigenvalue weighted by Gasteiger charge is 2.13. The van der Waals surface area contributed by atoms with Crippen LogP contribution in [0.5, 0.6) is 0 Å². The summed E-state index contributed by atoms with van der Waals surface area (Å²) in [5.41, 5.74) is 0.614. The van der Waals surface area contributed by atoms with Crippen LogP contribution in [0.25, 0.3) is 0 Å². The van der Waals surface area contributed by atoms with E-state index in [1.807, 2.05) is 23.1 Å². The number of hydrogen-bond donors (Lipinski definition) is 1. The van der Waals surface area contributed by atoms with Gasteiger partial charge in [0.2, 0.25) is 0 Å². The first-order chi connectivity index (χ1) is 9.10. The molecule has 0 aliphatic carbocycles. The molecule has 0 saturated heterocycles. The summed E-state index contributed by atoms with van der Waals surface area (Å²) >= 11 is 7.34. The fraction of sp³-hybridized carbons (Fsp3) is 0.143. The number of nitrogens with one attached hydrogen (secondary N) is 1. The number of rotatable bonds is 5. The lowest BCUT2D eigenvalue weighted by atomic mass is 10.2. The molecule has 1 N–H and O–H groups in total. The van der Waals surface area contributed by atoms with Crippen molar-refractivity contribution in [3.05, 3.63) is 58.7 Å². The molecule has 0 fully saturated rings. The van der Waals surface area contributed by atoms with Crippen molar-refractivity contribution in [2.24, 2.45) is 0 Å². The molecule has 0 bridgehead atoms. The van der Waals surface area contributed by atoms with Crippen LogP contribution < -0.4 is 5.32 Å². The molecule has 100 valence electrons. The number of halogens is 1. The fourth-order valence-electron chi connectivity index (χ4n) is 1.44. The van der Waals surface area contributed by atoms with Crippen molar-refractivity contribution in [1.82, 2.24) is 10.2 Å². The van der Waals surface area contributed by atoms with Gasteiger partial charge in [0.1, 0.15) is 0 Å². The second-order valence-electron chi connectivity index (χ2n) is 3.72. The fourth-order valence-corrected chi connectivity index (χ4v) is 2.32. The highest BCUT2D eigenvalue weighted by Crippen LogP contribution is 2.11. The Morgan fingerprint density at radius 1 is 1.32 bits per heavy atom. The normalized spacial score (nSPS) is 9.53. The summed E-state index contributed by atoms with van der Waals surface area (Å²) in [6, 6.07) is 7.36. The predicted molar refractivity (Wildman–Crippen MR) is 91.2 cm³/mol. The molecule has 0 heterocycles. The number of nitrogens with zero attached hydrogens (tertiary/aromatic N) is 1. The molecule has 1 aromatic rings.